The Morgan fingerprint density at radius 3 is 2.47 bits per heavy atom. The van der Waals surface area contributed by atoms with Gasteiger partial charge in [0.05, 0.1) is 11.4 Å². The summed E-state index contributed by atoms with van der Waals surface area (Å²) in [6.07, 6.45) is 1.95. The summed E-state index contributed by atoms with van der Waals surface area (Å²) in [4.78, 5) is 0. The van der Waals surface area contributed by atoms with Crippen molar-refractivity contribution in [2.24, 2.45) is 5.41 Å². The van der Waals surface area contributed by atoms with E-state index in [0.29, 0.717) is 12.8 Å². The van der Waals surface area contributed by atoms with Gasteiger partial charge in [-0.2, -0.15) is 11.8 Å². The zero-order chi connectivity index (χ0) is 13.2. The van der Waals surface area contributed by atoms with Crippen LogP contribution in [-0.4, -0.2) is 42.1 Å². The van der Waals surface area contributed by atoms with E-state index in [1.807, 2.05) is 0 Å². The van der Waals surface area contributed by atoms with E-state index in [0.717, 1.165) is 17.9 Å². The fraction of sp³-hybridized carbons (Fsp3) is 1.00. The fourth-order valence-corrected chi connectivity index (χ4v) is 4.69. The first-order valence-corrected chi connectivity index (χ1v) is 9.16. The van der Waals surface area contributed by atoms with E-state index in [-0.39, 0.29) is 16.9 Å². The first kappa shape index (κ1) is 15.3. The van der Waals surface area contributed by atoms with E-state index in [1.54, 1.807) is 18.7 Å². The van der Waals surface area contributed by atoms with Crippen LogP contribution in [0.3, 0.4) is 0 Å². The highest BCUT2D eigenvalue weighted by Gasteiger charge is 2.38. The summed E-state index contributed by atoms with van der Waals surface area (Å²) in [5, 5.41) is 10.5. The molecule has 1 aliphatic rings. The lowest BCUT2D eigenvalue weighted by Crippen LogP contribution is -2.42. The Bertz CT molecular complexity index is 349. The fourth-order valence-electron chi connectivity index (χ4n) is 2.44. The predicted molar refractivity (Wildman–Crippen MR) is 74.2 cm³/mol. The van der Waals surface area contributed by atoms with Gasteiger partial charge in [0.2, 0.25) is 0 Å². The van der Waals surface area contributed by atoms with Gasteiger partial charge in [-0.1, -0.05) is 20.8 Å². The quantitative estimate of drug-likeness (QED) is 0.838. The van der Waals surface area contributed by atoms with Crippen molar-refractivity contribution in [1.29, 1.82) is 0 Å². The minimum Gasteiger partial charge on any atom is -0.389 e. The molecule has 1 aliphatic heterocycles. The van der Waals surface area contributed by atoms with Crippen molar-refractivity contribution < 1.29 is 13.5 Å². The molecule has 1 fully saturated rings. The summed E-state index contributed by atoms with van der Waals surface area (Å²) in [6.45, 7) is 5.99. The third-order valence-corrected chi connectivity index (χ3v) is 6.73. The van der Waals surface area contributed by atoms with E-state index in [2.05, 4.69) is 13.8 Å². The van der Waals surface area contributed by atoms with Crippen LogP contribution >= 0.6 is 11.8 Å². The van der Waals surface area contributed by atoms with Crippen LogP contribution in [0.1, 0.15) is 40.0 Å². The summed E-state index contributed by atoms with van der Waals surface area (Å²) in [6, 6.07) is 0. The van der Waals surface area contributed by atoms with Crippen LogP contribution in [0.25, 0.3) is 0 Å². The summed E-state index contributed by atoms with van der Waals surface area (Å²) in [5.74, 6) is 2.22. The summed E-state index contributed by atoms with van der Waals surface area (Å²) in [7, 11) is -2.89. The summed E-state index contributed by atoms with van der Waals surface area (Å²) >= 11 is 1.77. The Morgan fingerprint density at radius 1 is 1.29 bits per heavy atom. The lowest BCUT2D eigenvalue weighted by atomic mass is 9.80. The second-order valence-electron chi connectivity index (χ2n) is 5.90. The van der Waals surface area contributed by atoms with Crippen LogP contribution in [0.2, 0.25) is 0 Å². The maximum absolute atomic E-state index is 11.4. The molecule has 0 bridgehead atoms. The number of aliphatic hydroxyl groups is 1. The zero-order valence-electron chi connectivity index (χ0n) is 11.0. The minimum absolute atomic E-state index is 0.154. The van der Waals surface area contributed by atoms with Crippen LogP contribution in [-0.2, 0) is 9.84 Å². The molecule has 1 rings (SSSR count). The van der Waals surface area contributed by atoms with E-state index >= 15 is 0 Å². The number of hydrogen-bond donors (Lipinski definition) is 1. The number of thioether (sulfide) groups is 1. The molecule has 0 aromatic carbocycles. The smallest absolute Gasteiger partial charge is 0.150 e. The van der Waals surface area contributed by atoms with Gasteiger partial charge in [0, 0.05) is 11.5 Å². The highest BCUT2D eigenvalue weighted by atomic mass is 32.2. The van der Waals surface area contributed by atoms with Gasteiger partial charge in [0.1, 0.15) is 9.84 Å². The van der Waals surface area contributed by atoms with E-state index in [1.165, 1.54) is 0 Å². The first-order chi connectivity index (χ1) is 7.68. The second-order valence-corrected chi connectivity index (χ2v) is 9.36. The van der Waals surface area contributed by atoms with Gasteiger partial charge in [0.15, 0.2) is 0 Å². The largest absolute Gasteiger partial charge is 0.389 e. The molecule has 1 atom stereocenters. The van der Waals surface area contributed by atoms with Crippen molar-refractivity contribution >= 4 is 21.6 Å². The lowest BCUT2D eigenvalue weighted by molar-refractivity contribution is 0.0116. The van der Waals surface area contributed by atoms with Crippen LogP contribution in [0.4, 0.5) is 0 Å². The summed E-state index contributed by atoms with van der Waals surface area (Å²) < 4.78 is 22.8. The standard InChI is InChI=1S/C12H24O3S2/c1-4-17(14,15)7-5-6-12(13)8-11(2,3)9-16-10-12/h13H,4-10H2,1-3H3. The molecule has 17 heavy (non-hydrogen) atoms. The van der Waals surface area contributed by atoms with Crippen molar-refractivity contribution in [3.05, 3.63) is 0 Å². The zero-order valence-corrected chi connectivity index (χ0v) is 12.7. The molecule has 5 heteroatoms. The molecule has 102 valence electrons. The average Bonchev–Trinajstić information content (AvgIpc) is 2.15. The van der Waals surface area contributed by atoms with E-state index in [9.17, 15) is 13.5 Å². The Morgan fingerprint density at radius 2 is 1.94 bits per heavy atom. The maximum atomic E-state index is 11.4. The predicted octanol–water partition coefficient (Wildman–Crippen LogP) is 2.10. The van der Waals surface area contributed by atoms with Crippen LogP contribution in [0, 0.1) is 5.41 Å². The molecule has 3 nitrogen and oxygen atoms in total. The Hall–Kier alpha value is 0.260. The number of hydrogen-bond acceptors (Lipinski definition) is 4. The van der Waals surface area contributed by atoms with Gasteiger partial charge in [-0.3, -0.25) is 0 Å². The highest BCUT2D eigenvalue weighted by Crippen LogP contribution is 2.41. The topological polar surface area (TPSA) is 54.4 Å². The van der Waals surface area contributed by atoms with E-state index < -0.39 is 15.4 Å². The SMILES string of the molecule is CCS(=O)(=O)CCCC1(O)CSCC(C)(C)C1. The molecule has 1 saturated heterocycles. The van der Waals surface area contributed by atoms with Crippen LogP contribution in [0.5, 0.6) is 0 Å². The van der Waals surface area contributed by atoms with Gasteiger partial charge < -0.3 is 5.11 Å². The van der Waals surface area contributed by atoms with Gasteiger partial charge in [-0.15, -0.1) is 0 Å². The van der Waals surface area contributed by atoms with Crippen molar-refractivity contribution in [2.75, 3.05) is 23.0 Å². The molecular weight excluding hydrogens is 256 g/mol. The van der Waals surface area contributed by atoms with Crippen LogP contribution < -0.4 is 0 Å². The molecule has 0 spiro atoms. The minimum atomic E-state index is -2.89. The molecule has 1 heterocycles. The van der Waals surface area contributed by atoms with Crippen molar-refractivity contribution in [3.63, 3.8) is 0 Å². The lowest BCUT2D eigenvalue weighted by Gasteiger charge is -2.41. The molecule has 0 aromatic heterocycles. The molecule has 0 amide bonds. The molecule has 0 aromatic rings. The Labute approximate surface area is 109 Å². The van der Waals surface area contributed by atoms with Crippen LogP contribution in [0.15, 0.2) is 0 Å². The number of rotatable bonds is 5. The molecular formula is C12H24O3S2. The van der Waals surface area contributed by atoms with E-state index in [4.69, 9.17) is 0 Å². The summed E-state index contributed by atoms with van der Waals surface area (Å²) in [5.41, 5.74) is -0.517. The second kappa shape index (κ2) is 5.49. The van der Waals surface area contributed by atoms with Gasteiger partial charge in [0.25, 0.3) is 0 Å². The molecule has 0 saturated carbocycles. The Balaban J connectivity index is 2.45. The van der Waals surface area contributed by atoms with Crippen molar-refractivity contribution in [3.8, 4) is 0 Å². The molecule has 1 unspecified atom stereocenters. The first-order valence-electron chi connectivity index (χ1n) is 6.19. The van der Waals surface area contributed by atoms with Crippen molar-refractivity contribution in [1.82, 2.24) is 0 Å². The third-order valence-electron chi connectivity index (χ3n) is 3.21. The molecule has 1 N–H and O–H groups in total. The Kier molecular flexibility index (Phi) is 4.95. The van der Waals surface area contributed by atoms with Gasteiger partial charge in [-0.05, 0) is 30.4 Å². The molecule has 0 aliphatic carbocycles. The molecule has 0 radical (unpaired) electrons. The maximum Gasteiger partial charge on any atom is 0.150 e. The highest BCUT2D eigenvalue weighted by molar-refractivity contribution is 7.99. The third kappa shape index (κ3) is 5.18. The van der Waals surface area contributed by atoms with Gasteiger partial charge in [-0.25, -0.2) is 8.42 Å². The number of sulfone groups is 1. The monoisotopic (exact) mass is 280 g/mol. The van der Waals surface area contributed by atoms with Crippen molar-refractivity contribution in [2.45, 2.75) is 45.6 Å². The average molecular weight is 280 g/mol. The normalized spacial score (nSPS) is 29.2. The van der Waals surface area contributed by atoms with Gasteiger partial charge >= 0.3 is 0 Å².